The van der Waals surface area contributed by atoms with Crippen LogP contribution in [0.3, 0.4) is 0 Å². The van der Waals surface area contributed by atoms with Crippen LogP contribution in [0.2, 0.25) is 0 Å². The normalized spacial score (nSPS) is 34.8. The lowest BCUT2D eigenvalue weighted by Crippen LogP contribution is -2.55. The van der Waals surface area contributed by atoms with Gasteiger partial charge in [-0.05, 0) is 0 Å². The number of carbonyl (C=O) groups excluding carboxylic acids is 1. The Bertz CT molecular complexity index is 1210. The Hall–Kier alpha value is -1.83. The SMILES string of the molecule is CC(=O)N[C@@H]1C[C@@H](O)[C@@H](CO)O[C@@H]1OP(=O)(O)OP(=O)(O)OC[C@H]1O[C@@H](n2ccc(=O)[nH]c2=O)[C@H](O)[C@@H]1O. The maximum atomic E-state index is 12.4. The molecule has 8 N–H and O–H groups in total. The maximum Gasteiger partial charge on any atom is 0.483 e. The van der Waals surface area contributed by atoms with E-state index in [1.807, 2.05) is 4.98 Å². The number of amides is 1. The van der Waals surface area contributed by atoms with Crippen LogP contribution in [-0.4, -0.2) is 102 Å². The van der Waals surface area contributed by atoms with Gasteiger partial charge in [-0.2, -0.15) is 4.31 Å². The summed E-state index contributed by atoms with van der Waals surface area (Å²) in [4.78, 5) is 56.4. The van der Waals surface area contributed by atoms with Crippen LogP contribution in [0.1, 0.15) is 19.6 Å². The highest BCUT2D eigenvalue weighted by atomic mass is 31.3. The van der Waals surface area contributed by atoms with Crippen molar-refractivity contribution in [1.29, 1.82) is 0 Å². The van der Waals surface area contributed by atoms with Crippen LogP contribution in [-0.2, 0) is 36.8 Å². The number of phosphoric acid groups is 2. The van der Waals surface area contributed by atoms with Crippen LogP contribution in [0, 0.1) is 0 Å². The molecular formula is C17H27N3O16P2. The fourth-order valence-electron chi connectivity index (χ4n) is 3.73. The first kappa shape index (κ1) is 30.7. The number of aliphatic hydroxyl groups is 4. The summed E-state index contributed by atoms with van der Waals surface area (Å²) in [7, 11) is -10.9. The molecule has 2 aliphatic heterocycles. The highest BCUT2D eigenvalue weighted by Gasteiger charge is 2.47. The average molecular weight is 591 g/mol. The zero-order valence-corrected chi connectivity index (χ0v) is 21.3. The molecule has 3 rings (SSSR count). The minimum atomic E-state index is -5.49. The predicted molar refractivity (Wildman–Crippen MR) is 119 cm³/mol. The molecule has 0 saturated carbocycles. The summed E-state index contributed by atoms with van der Waals surface area (Å²) in [6.07, 6.45) is -10.3. The Morgan fingerprint density at radius 1 is 1.16 bits per heavy atom. The van der Waals surface area contributed by atoms with Crippen molar-refractivity contribution in [3.63, 3.8) is 0 Å². The van der Waals surface area contributed by atoms with Crippen molar-refractivity contribution in [2.24, 2.45) is 0 Å². The summed E-state index contributed by atoms with van der Waals surface area (Å²) in [6, 6.07) is -0.275. The molecular weight excluding hydrogens is 564 g/mol. The number of carbonyl (C=O) groups is 1. The van der Waals surface area contributed by atoms with E-state index in [1.165, 1.54) is 0 Å². The van der Waals surface area contributed by atoms with E-state index < -0.39 is 95.1 Å². The van der Waals surface area contributed by atoms with Gasteiger partial charge in [-0.25, -0.2) is 13.9 Å². The number of phosphoric ester groups is 2. The summed E-state index contributed by atoms with van der Waals surface area (Å²) >= 11 is 0. The number of H-pyrrole nitrogens is 1. The number of rotatable bonds is 10. The number of hydrogen-bond donors (Lipinski definition) is 8. The zero-order chi connectivity index (χ0) is 28.4. The molecule has 1 aromatic heterocycles. The number of nitrogens with zero attached hydrogens (tertiary/aromatic N) is 1. The highest BCUT2D eigenvalue weighted by molar-refractivity contribution is 7.61. The standard InChI is InChI=1S/C17H27N3O16P2/c1-7(22)18-8-4-9(23)10(5-21)34-16(8)35-38(30,31)36-37(28,29)32-6-11-13(25)14(26)15(33-11)20-3-2-12(24)19-17(20)27/h2-3,8-11,13-16,21,23,25-26H,4-6H2,1H3,(H,18,22)(H,28,29)(H,30,31)(H,19,24,27)/t8-,9-,10-,11-,13-,14-,15-,16-/m1/s1. The number of aromatic amines is 1. The Kier molecular flexibility index (Phi) is 9.81. The highest BCUT2D eigenvalue weighted by Crippen LogP contribution is 2.61. The van der Waals surface area contributed by atoms with Gasteiger partial charge in [0.05, 0.1) is 25.4 Å². The van der Waals surface area contributed by atoms with Gasteiger partial charge in [0, 0.05) is 25.6 Å². The van der Waals surface area contributed by atoms with E-state index >= 15 is 0 Å². The molecule has 2 unspecified atom stereocenters. The lowest BCUT2D eigenvalue weighted by Gasteiger charge is -2.38. The molecule has 0 spiro atoms. The number of hydrogen-bond acceptors (Lipinski definition) is 14. The molecule has 38 heavy (non-hydrogen) atoms. The second-order valence-electron chi connectivity index (χ2n) is 8.32. The molecule has 1 aromatic rings. The molecule has 1 amide bonds. The molecule has 19 nitrogen and oxygen atoms in total. The minimum absolute atomic E-state index is 0.276. The third-order valence-electron chi connectivity index (χ3n) is 5.44. The Balaban J connectivity index is 1.63. The smallest absolute Gasteiger partial charge is 0.394 e. The summed E-state index contributed by atoms with van der Waals surface area (Å²) in [5.74, 6) is -0.633. The molecule has 10 atom stereocenters. The van der Waals surface area contributed by atoms with E-state index in [1.54, 1.807) is 0 Å². The van der Waals surface area contributed by atoms with Crippen LogP contribution < -0.4 is 16.6 Å². The molecule has 0 aliphatic carbocycles. The first-order valence-corrected chi connectivity index (χ1v) is 13.9. The van der Waals surface area contributed by atoms with Crippen molar-refractivity contribution in [3.8, 4) is 0 Å². The van der Waals surface area contributed by atoms with Crippen LogP contribution in [0.5, 0.6) is 0 Å². The van der Waals surface area contributed by atoms with Crippen molar-refractivity contribution < 1.29 is 67.0 Å². The van der Waals surface area contributed by atoms with Gasteiger partial charge in [0.2, 0.25) is 5.91 Å². The van der Waals surface area contributed by atoms with Crippen molar-refractivity contribution in [2.45, 2.75) is 62.4 Å². The van der Waals surface area contributed by atoms with Crippen LogP contribution in [0.25, 0.3) is 0 Å². The van der Waals surface area contributed by atoms with E-state index in [2.05, 4.69) is 14.2 Å². The Morgan fingerprint density at radius 3 is 2.45 bits per heavy atom. The van der Waals surface area contributed by atoms with Crippen molar-refractivity contribution in [2.75, 3.05) is 13.2 Å². The topological polar surface area (TPSA) is 286 Å². The van der Waals surface area contributed by atoms with Crippen LogP contribution in [0.15, 0.2) is 21.9 Å². The van der Waals surface area contributed by atoms with E-state index in [0.29, 0.717) is 0 Å². The number of aliphatic hydroxyl groups excluding tert-OH is 4. The Labute approximate surface area is 212 Å². The van der Waals surface area contributed by atoms with Gasteiger partial charge in [-0.15, -0.1) is 0 Å². The molecule has 0 bridgehead atoms. The van der Waals surface area contributed by atoms with E-state index in [4.69, 9.17) is 14.0 Å². The second-order valence-corrected chi connectivity index (χ2v) is 11.3. The summed E-state index contributed by atoms with van der Waals surface area (Å²) in [6.45, 7) is -0.623. The van der Waals surface area contributed by atoms with Crippen molar-refractivity contribution >= 4 is 21.6 Å². The van der Waals surface area contributed by atoms with E-state index in [9.17, 15) is 53.7 Å². The lowest BCUT2D eigenvalue weighted by atomic mass is 10.0. The Morgan fingerprint density at radius 2 is 1.84 bits per heavy atom. The predicted octanol–water partition coefficient (Wildman–Crippen LogP) is -3.62. The quantitative estimate of drug-likeness (QED) is 0.122. The van der Waals surface area contributed by atoms with Gasteiger partial charge in [0.15, 0.2) is 12.5 Å². The van der Waals surface area contributed by atoms with E-state index in [0.717, 1.165) is 23.8 Å². The third kappa shape index (κ3) is 7.64. The fraction of sp³-hybridized carbons (Fsp3) is 0.706. The van der Waals surface area contributed by atoms with Gasteiger partial charge >= 0.3 is 21.3 Å². The lowest BCUT2D eigenvalue weighted by molar-refractivity contribution is -0.214. The average Bonchev–Trinajstić information content (AvgIpc) is 3.07. The van der Waals surface area contributed by atoms with Gasteiger partial charge in [0.1, 0.15) is 24.4 Å². The van der Waals surface area contributed by atoms with Gasteiger partial charge in [-0.3, -0.25) is 28.2 Å². The minimum Gasteiger partial charge on any atom is -0.394 e. The summed E-state index contributed by atoms with van der Waals surface area (Å²) < 4.78 is 49.4. The molecule has 21 heteroatoms. The van der Waals surface area contributed by atoms with Crippen LogP contribution >= 0.6 is 15.6 Å². The molecule has 0 aromatic carbocycles. The number of ether oxygens (including phenoxy) is 2. The zero-order valence-electron chi connectivity index (χ0n) is 19.5. The largest absolute Gasteiger partial charge is 0.483 e. The van der Waals surface area contributed by atoms with Crippen molar-refractivity contribution in [3.05, 3.63) is 33.1 Å². The first-order valence-electron chi connectivity index (χ1n) is 10.9. The van der Waals surface area contributed by atoms with Crippen molar-refractivity contribution in [1.82, 2.24) is 14.9 Å². The molecule has 3 heterocycles. The monoisotopic (exact) mass is 591 g/mol. The third-order valence-corrected chi connectivity index (χ3v) is 8.04. The molecule has 0 radical (unpaired) electrons. The van der Waals surface area contributed by atoms with Gasteiger partial charge in [0.25, 0.3) is 5.56 Å². The summed E-state index contributed by atoms with van der Waals surface area (Å²) in [5, 5.41) is 41.9. The van der Waals surface area contributed by atoms with E-state index in [-0.39, 0.29) is 6.42 Å². The molecule has 216 valence electrons. The maximum absolute atomic E-state index is 12.4. The summed E-state index contributed by atoms with van der Waals surface area (Å²) in [5.41, 5.74) is -1.72. The molecule has 2 saturated heterocycles. The molecule has 2 fully saturated rings. The van der Waals surface area contributed by atoms with Crippen LogP contribution in [0.4, 0.5) is 0 Å². The number of nitrogens with one attached hydrogen (secondary N) is 2. The second kappa shape index (κ2) is 12.1. The van der Waals surface area contributed by atoms with Gasteiger partial charge < -0.3 is 45.0 Å². The fourth-order valence-corrected chi connectivity index (χ4v) is 5.91. The molecule has 2 aliphatic rings. The number of aromatic nitrogens is 2. The van der Waals surface area contributed by atoms with Gasteiger partial charge in [-0.1, -0.05) is 0 Å². The first-order chi connectivity index (χ1) is 17.6.